The van der Waals surface area contributed by atoms with Crippen molar-refractivity contribution in [2.24, 2.45) is 23.2 Å². The van der Waals surface area contributed by atoms with Gasteiger partial charge in [-0.3, -0.25) is 12.7 Å². The SMILES string of the molecule is COc1cc(I)c(OC2CCC(C)(C)CC2)cc1C(=O)N(I)[C@@H]1[C@H]2CC[C@@H](C2)[C@H]1C(=O)NCC1(OC)CCC1. The van der Waals surface area contributed by atoms with Crippen LogP contribution in [0.5, 0.6) is 11.5 Å². The van der Waals surface area contributed by atoms with Crippen molar-refractivity contribution in [3.63, 3.8) is 0 Å². The van der Waals surface area contributed by atoms with Crippen LogP contribution in [0.25, 0.3) is 0 Å². The summed E-state index contributed by atoms with van der Waals surface area (Å²) in [6.45, 7) is 5.18. The minimum Gasteiger partial charge on any atom is -0.496 e. The van der Waals surface area contributed by atoms with Crippen LogP contribution in [-0.2, 0) is 9.53 Å². The molecule has 39 heavy (non-hydrogen) atoms. The van der Waals surface area contributed by atoms with Gasteiger partial charge in [-0.25, -0.2) is 0 Å². The molecule has 7 nitrogen and oxygen atoms in total. The number of fused-ring (bicyclic) bond motifs is 2. The van der Waals surface area contributed by atoms with Crippen molar-refractivity contribution in [2.45, 2.75) is 95.8 Å². The fraction of sp³-hybridized carbons (Fsp3) is 0.733. The normalized spacial score (nSPS) is 29.0. The van der Waals surface area contributed by atoms with Crippen LogP contribution in [0.1, 0.15) is 88.4 Å². The Balaban J connectivity index is 1.33. The van der Waals surface area contributed by atoms with E-state index < -0.39 is 0 Å². The molecule has 4 aliphatic rings. The molecule has 216 valence electrons. The van der Waals surface area contributed by atoms with Crippen LogP contribution in [0.3, 0.4) is 0 Å². The topological polar surface area (TPSA) is 77.1 Å². The van der Waals surface area contributed by atoms with E-state index in [1.807, 2.05) is 12.1 Å². The van der Waals surface area contributed by atoms with Gasteiger partial charge in [-0.2, -0.15) is 0 Å². The molecule has 0 aliphatic heterocycles. The first-order valence-electron chi connectivity index (χ1n) is 14.4. The van der Waals surface area contributed by atoms with Crippen LogP contribution in [-0.4, -0.2) is 53.4 Å². The largest absolute Gasteiger partial charge is 0.496 e. The second-order valence-electron chi connectivity index (χ2n) is 12.9. The van der Waals surface area contributed by atoms with Crippen molar-refractivity contribution < 1.29 is 23.8 Å². The Labute approximate surface area is 260 Å². The number of halogens is 2. The maximum atomic E-state index is 14.0. The molecule has 0 radical (unpaired) electrons. The average Bonchev–Trinajstić information content (AvgIpc) is 3.51. The third kappa shape index (κ3) is 6.05. The number of hydrogen-bond donors (Lipinski definition) is 1. The molecule has 0 saturated heterocycles. The molecule has 9 heteroatoms. The summed E-state index contributed by atoms with van der Waals surface area (Å²) in [4.78, 5) is 27.6. The van der Waals surface area contributed by atoms with Crippen molar-refractivity contribution in [3.05, 3.63) is 21.3 Å². The summed E-state index contributed by atoms with van der Waals surface area (Å²) >= 11 is 4.41. The summed E-state index contributed by atoms with van der Waals surface area (Å²) in [6.07, 6.45) is 10.7. The molecule has 4 fully saturated rings. The predicted octanol–water partition coefficient (Wildman–Crippen LogP) is 6.54. The number of carbonyl (C=O) groups excluding carboxylic acids is 2. The molecule has 4 saturated carbocycles. The van der Waals surface area contributed by atoms with Gasteiger partial charge >= 0.3 is 0 Å². The van der Waals surface area contributed by atoms with Gasteiger partial charge in [0.1, 0.15) is 11.5 Å². The first kappa shape index (κ1) is 29.7. The second-order valence-corrected chi connectivity index (χ2v) is 15.1. The van der Waals surface area contributed by atoms with Crippen molar-refractivity contribution in [2.75, 3.05) is 20.8 Å². The van der Waals surface area contributed by atoms with Crippen molar-refractivity contribution in [1.29, 1.82) is 0 Å². The van der Waals surface area contributed by atoms with Crippen LogP contribution in [0, 0.1) is 26.7 Å². The highest BCUT2D eigenvalue weighted by Gasteiger charge is 2.54. The maximum Gasteiger partial charge on any atom is 0.266 e. The fourth-order valence-corrected chi connectivity index (χ4v) is 8.86. The van der Waals surface area contributed by atoms with Gasteiger partial charge in [-0.1, -0.05) is 13.8 Å². The number of hydrogen-bond acceptors (Lipinski definition) is 5. The zero-order valence-corrected chi connectivity index (χ0v) is 27.9. The zero-order chi connectivity index (χ0) is 27.9. The Morgan fingerprint density at radius 2 is 1.72 bits per heavy atom. The molecule has 4 aliphatic carbocycles. The summed E-state index contributed by atoms with van der Waals surface area (Å²) in [5.41, 5.74) is 0.635. The first-order valence-corrected chi connectivity index (χ1v) is 16.5. The molecule has 0 heterocycles. The van der Waals surface area contributed by atoms with E-state index in [4.69, 9.17) is 14.2 Å². The minimum atomic E-state index is -0.221. The third-order valence-corrected chi connectivity index (χ3v) is 11.9. The van der Waals surface area contributed by atoms with Crippen molar-refractivity contribution >= 4 is 57.3 Å². The number of amides is 2. The van der Waals surface area contributed by atoms with E-state index in [2.05, 4.69) is 64.6 Å². The highest BCUT2D eigenvalue weighted by atomic mass is 127. The number of benzene rings is 1. The summed E-state index contributed by atoms with van der Waals surface area (Å²) in [6, 6.07) is 3.62. The lowest BCUT2D eigenvalue weighted by atomic mass is 9.76. The predicted molar refractivity (Wildman–Crippen MR) is 167 cm³/mol. The van der Waals surface area contributed by atoms with Gasteiger partial charge in [0.25, 0.3) is 5.91 Å². The van der Waals surface area contributed by atoms with Crippen LogP contribution < -0.4 is 14.8 Å². The van der Waals surface area contributed by atoms with E-state index in [0.29, 0.717) is 35.1 Å². The first-order chi connectivity index (χ1) is 18.6. The summed E-state index contributed by atoms with van der Waals surface area (Å²) in [5, 5.41) is 3.21. The quantitative estimate of drug-likeness (QED) is 0.229. The van der Waals surface area contributed by atoms with Gasteiger partial charge < -0.3 is 19.5 Å². The van der Waals surface area contributed by atoms with Gasteiger partial charge in [0.2, 0.25) is 5.91 Å². The Hall–Kier alpha value is -0.820. The fourth-order valence-electron chi connectivity index (χ4n) is 7.23. The van der Waals surface area contributed by atoms with E-state index in [1.54, 1.807) is 17.3 Å². The van der Waals surface area contributed by atoms with E-state index in [0.717, 1.165) is 73.5 Å². The van der Waals surface area contributed by atoms with Crippen LogP contribution in [0.4, 0.5) is 0 Å². The Morgan fingerprint density at radius 1 is 1.03 bits per heavy atom. The van der Waals surface area contributed by atoms with Gasteiger partial charge in [0.05, 0.1) is 62.8 Å². The van der Waals surface area contributed by atoms with Crippen LogP contribution in [0.2, 0.25) is 0 Å². The lowest BCUT2D eigenvalue weighted by molar-refractivity contribution is -0.131. The van der Waals surface area contributed by atoms with Crippen LogP contribution >= 0.6 is 45.5 Å². The number of nitrogens with zero attached hydrogens (tertiary/aromatic N) is 1. The molecule has 2 amide bonds. The standard InChI is InChI=1S/C30H42I2N2O5/c1-29(2)12-8-20(9-13-29)39-24-15-21(23(37-3)16-22(24)31)28(36)34(32)26-19-7-6-18(14-19)25(26)27(35)33-17-30(38-4)10-5-11-30/h15-16,18-20,25-26H,5-14,17H2,1-4H3,(H,33,35)/t18-,19-,25+,26+/m0/s1. The number of methoxy groups -OCH3 is 2. The number of nitrogens with one attached hydrogen (secondary N) is 1. The summed E-state index contributed by atoms with van der Waals surface area (Å²) in [7, 11) is 3.33. The van der Waals surface area contributed by atoms with Gasteiger partial charge in [0.15, 0.2) is 0 Å². The molecule has 5 rings (SSSR count). The Morgan fingerprint density at radius 3 is 2.33 bits per heavy atom. The van der Waals surface area contributed by atoms with Crippen LogP contribution in [0.15, 0.2) is 12.1 Å². The lowest BCUT2D eigenvalue weighted by Crippen LogP contribution is -2.53. The van der Waals surface area contributed by atoms with Gasteiger partial charge in [-0.15, -0.1) is 0 Å². The number of ether oxygens (including phenoxy) is 3. The Kier molecular flexibility index (Phi) is 8.99. The molecule has 1 aromatic carbocycles. The highest BCUT2D eigenvalue weighted by Crippen LogP contribution is 2.52. The molecular formula is C30H42I2N2O5. The summed E-state index contributed by atoms with van der Waals surface area (Å²) in [5.74, 6) is 1.67. The van der Waals surface area contributed by atoms with E-state index >= 15 is 0 Å². The van der Waals surface area contributed by atoms with E-state index in [9.17, 15) is 9.59 Å². The minimum absolute atomic E-state index is 0.0591. The smallest absolute Gasteiger partial charge is 0.266 e. The number of carbonyl (C=O) groups is 2. The second kappa shape index (κ2) is 11.8. The lowest BCUT2D eigenvalue weighted by Gasteiger charge is -2.41. The molecule has 1 aromatic rings. The summed E-state index contributed by atoms with van der Waals surface area (Å²) < 4.78 is 20.6. The maximum absolute atomic E-state index is 14.0. The van der Waals surface area contributed by atoms with Crippen molar-refractivity contribution in [3.8, 4) is 11.5 Å². The molecule has 1 N–H and O–H groups in total. The molecule has 4 atom stereocenters. The molecule has 0 spiro atoms. The molecular weight excluding hydrogens is 722 g/mol. The third-order valence-electron chi connectivity index (χ3n) is 9.98. The monoisotopic (exact) mass is 764 g/mol. The molecule has 0 unspecified atom stereocenters. The van der Waals surface area contributed by atoms with Crippen molar-refractivity contribution in [1.82, 2.24) is 8.43 Å². The van der Waals surface area contributed by atoms with Gasteiger partial charge in [-0.05, 0) is 116 Å². The number of rotatable bonds is 9. The van der Waals surface area contributed by atoms with E-state index in [-0.39, 0.29) is 35.5 Å². The molecule has 2 bridgehead atoms. The zero-order valence-electron chi connectivity index (χ0n) is 23.6. The van der Waals surface area contributed by atoms with Gasteiger partial charge in [0, 0.05) is 13.7 Å². The van der Waals surface area contributed by atoms with E-state index in [1.165, 1.54) is 0 Å². The molecule has 0 aromatic heterocycles. The average molecular weight is 764 g/mol. The Bertz CT molecular complexity index is 1080. The highest BCUT2D eigenvalue weighted by molar-refractivity contribution is 14.1.